The minimum absolute atomic E-state index is 0.0632. The van der Waals surface area contributed by atoms with E-state index in [0.29, 0.717) is 25.9 Å². The van der Waals surface area contributed by atoms with Gasteiger partial charge in [0.2, 0.25) is 5.91 Å². The Hall–Kier alpha value is -2.59. The van der Waals surface area contributed by atoms with Gasteiger partial charge in [-0.25, -0.2) is 4.98 Å². The third kappa shape index (κ3) is 5.73. The van der Waals surface area contributed by atoms with Crippen LogP contribution in [-0.4, -0.2) is 29.1 Å². The summed E-state index contributed by atoms with van der Waals surface area (Å²) in [5, 5.41) is 3.14. The lowest BCUT2D eigenvalue weighted by Gasteiger charge is -2.32. The van der Waals surface area contributed by atoms with Crippen molar-refractivity contribution in [2.45, 2.75) is 19.0 Å². The predicted octanol–water partition coefficient (Wildman–Crippen LogP) is 3.99. The second-order valence-electron chi connectivity index (χ2n) is 6.72. The number of nitrogens with zero attached hydrogens (tertiary/aromatic N) is 2. The van der Waals surface area contributed by atoms with Crippen LogP contribution in [-0.2, 0) is 11.0 Å². The van der Waals surface area contributed by atoms with Crippen LogP contribution in [0.3, 0.4) is 0 Å². The number of anilines is 2. The molecule has 0 unspecified atom stereocenters. The van der Waals surface area contributed by atoms with E-state index in [4.69, 9.17) is 23.8 Å². The molecule has 0 spiro atoms. The van der Waals surface area contributed by atoms with E-state index in [9.17, 15) is 18.0 Å². The Labute approximate surface area is 181 Å². The van der Waals surface area contributed by atoms with Gasteiger partial charge in [0.25, 0.3) is 0 Å². The number of halogens is 4. The number of benzene rings is 1. The lowest BCUT2D eigenvalue weighted by Crippen LogP contribution is -2.48. The number of thiocarbonyl (C=S) groups is 1. The van der Waals surface area contributed by atoms with Crippen LogP contribution in [0.2, 0.25) is 5.02 Å². The van der Waals surface area contributed by atoms with Crippen molar-refractivity contribution < 1.29 is 18.0 Å². The highest BCUT2D eigenvalue weighted by molar-refractivity contribution is 7.80. The summed E-state index contributed by atoms with van der Waals surface area (Å²) < 4.78 is 38.3. The van der Waals surface area contributed by atoms with E-state index in [1.807, 2.05) is 30.3 Å². The summed E-state index contributed by atoms with van der Waals surface area (Å²) >= 11 is 11.1. The molecule has 6 nitrogen and oxygen atoms in total. The van der Waals surface area contributed by atoms with Crippen LogP contribution in [0.25, 0.3) is 0 Å². The topological polar surface area (TPSA) is 69.3 Å². The molecule has 2 aromatic rings. The van der Waals surface area contributed by atoms with Crippen LogP contribution in [0.15, 0.2) is 42.6 Å². The minimum atomic E-state index is -4.50. The van der Waals surface area contributed by atoms with E-state index >= 15 is 0 Å². The maximum atomic E-state index is 12.8. The molecule has 0 saturated carbocycles. The zero-order chi connectivity index (χ0) is 21.7. The molecule has 0 atom stereocenters. The van der Waals surface area contributed by atoms with E-state index < -0.39 is 11.7 Å². The molecule has 1 aromatic heterocycles. The SMILES string of the molecule is O=C(NNC(=S)Nc1ccccc1)C1CCN(c2ncc(C(F)(F)F)cc2Cl)CC1. The van der Waals surface area contributed by atoms with Crippen molar-refractivity contribution in [3.05, 3.63) is 53.2 Å². The number of piperidine rings is 1. The highest BCUT2D eigenvalue weighted by Crippen LogP contribution is 2.34. The summed E-state index contributed by atoms with van der Waals surface area (Å²) in [4.78, 5) is 18.0. The molecule has 160 valence electrons. The molecule has 1 saturated heterocycles. The molecule has 3 N–H and O–H groups in total. The molecule has 1 fully saturated rings. The zero-order valence-corrected chi connectivity index (χ0v) is 17.2. The number of hydrogen-bond acceptors (Lipinski definition) is 4. The predicted molar refractivity (Wildman–Crippen MR) is 113 cm³/mol. The minimum Gasteiger partial charge on any atom is -0.355 e. The molecular weight excluding hydrogens is 439 g/mol. The van der Waals surface area contributed by atoms with Crippen molar-refractivity contribution in [2.24, 2.45) is 5.92 Å². The van der Waals surface area contributed by atoms with Gasteiger partial charge in [0.15, 0.2) is 5.11 Å². The van der Waals surface area contributed by atoms with Crippen molar-refractivity contribution in [3.63, 3.8) is 0 Å². The average molecular weight is 458 g/mol. The molecular formula is C19H19ClF3N5OS. The highest BCUT2D eigenvalue weighted by Gasteiger charge is 2.33. The molecule has 11 heteroatoms. The third-order valence-electron chi connectivity index (χ3n) is 4.65. The number of amides is 1. The number of carbonyl (C=O) groups is 1. The first-order chi connectivity index (χ1) is 14.2. The molecule has 1 aliphatic rings. The van der Waals surface area contributed by atoms with Crippen LogP contribution >= 0.6 is 23.8 Å². The van der Waals surface area contributed by atoms with E-state index in [1.165, 1.54) is 0 Å². The van der Waals surface area contributed by atoms with Crippen molar-refractivity contribution in [2.75, 3.05) is 23.3 Å². The van der Waals surface area contributed by atoms with Crippen molar-refractivity contribution >= 4 is 46.3 Å². The Balaban J connectivity index is 1.48. The van der Waals surface area contributed by atoms with Gasteiger partial charge in [-0.2, -0.15) is 13.2 Å². The fourth-order valence-electron chi connectivity index (χ4n) is 3.08. The molecule has 1 aliphatic heterocycles. The molecule has 0 aliphatic carbocycles. The molecule has 1 aromatic carbocycles. The first kappa shape index (κ1) is 22.1. The van der Waals surface area contributed by atoms with Gasteiger partial charge in [-0.3, -0.25) is 15.6 Å². The first-order valence-corrected chi connectivity index (χ1v) is 9.92. The van der Waals surface area contributed by atoms with Gasteiger partial charge in [0, 0.05) is 30.9 Å². The number of hydrazine groups is 1. The molecule has 3 rings (SSSR count). The summed E-state index contributed by atoms with van der Waals surface area (Å²) in [6, 6.07) is 10.1. The van der Waals surface area contributed by atoms with Crippen molar-refractivity contribution in [1.82, 2.24) is 15.8 Å². The van der Waals surface area contributed by atoms with Gasteiger partial charge < -0.3 is 10.2 Å². The maximum Gasteiger partial charge on any atom is 0.417 e. The Morgan fingerprint density at radius 2 is 1.83 bits per heavy atom. The number of para-hydroxylation sites is 1. The quantitative estimate of drug-likeness (QED) is 0.478. The fraction of sp³-hybridized carbons (Fsp3) is 0.316. The number of pyridine rings is 1. The largest absolute Gasteiger partial charge is 0.417 e. The smallest absolute Gasteiger partial charge is 0.355 e. The molecule has 2 heterocycles. The Morgan fingerprint density at radius 1 is 1.17 bits per heavy atom. The van der Waals surface area contributed by atoms with E-state index in [-0.39, 0.29) is 27.8 Å². The summed E-state index contributed by atoms with van der Waals surface area (Å²) in [7, 11) is 0. The number of alkyl halides is 3. The van der Waals surface area contributed by atoms with Crippen LogP contribution in [0.4, 0.5) is 24.7 Å². The average Bonchev–Trinajstić information content (AvgIpc) is 2.72. The molecule has 0 bridgehead atoms. The van der Waals surface area contributed by atoms with Crippen molar-refractivity contribution in [1.29, 1.82) is 0 Å². The molecule has 1 amide bonds. The summed E-state index contributed by atoms with van der Waals surface area (Å²) in [5.74, 6) is -0.185. The van der Waals surface area contributed by atoms with Crippen LogP contribution < -0.4 is 21.1 Å². The summed E-state index contributed by atoms with van der Waals surface area (Å²) in [6.45, 7) is 0.895. The Bertz CT molecular complexity index is 905. The van der Waals surface area contributed by atoms with Crippen LogP contribution in [0.5, 0.6) is 0 Å². The van der Waals surface area contributed by atoms with Gasteiger partial charge in [-0.05, 0) is 43.3 Å². The maximum absolute atomic E-state index is 12.8. The third-order valence-corrected chi connectivity index (χ3v) is 5.13. The van der Waals surface area contributed by atoms with E-state index in [0.717, 1.165) is 18.0 Å². The standard InChI is InChI=1S/C19H19ClF3N5OS/c20-15-10-13(19(21,22)23)11-24-16(15)28-8-6-12(7-9-28)17(29)26-27-18(30)25-14-4-2-1-3-5-14/h1-5,10-12H,6-9H2,(H,26,29)(H2,25,27,30). The summed E-state index contributed by atoms with van der Waals surface area (Å²) in [5.41, 5.74) is 5.15. The first-order valence-electron chi connectivity index (χ1n) is 9.13. The fourth-order valence-corrected chi connectivity index (χ4v) is 3.53. The lowest BCUT2D eigenvalue weighted by molar-refractivity contribution is -0.137. The van der Waals surface area contributed by atoms with E-state index in [1.54, 1.807) is 4.90 Å². The van der Waals surface area contributed by atoms with Gasteiger partial charge in [0.05, 0.1) is 10.6 Å². The number of nitrogens with one attached hydrogen (secondary N) is 3. The van der Waals surface area contributed by atoms with E-state index in [2.05, 4.69) is 21.2 Å². The number of carbonyl (C=O) groups excluding carboxylic acids is 1. The summed E-state index contributed by atoms with van der Waals surface area (Å²) in [6.07, 6.45) is -2.72. The van der Waals surface area contributed by atoms with Gasteiger partial charge in [-0.1, -0.05) is 29.8 Å². The second kappa shape index (κ2) is 9.48. The number of rotatable bonds is 3. The van der Waals surface area contributed by atoms with Gasteiger partial charge >= 0.3 is 6.18 Å². The number of hydrogen-bond donors (Lipinski definition) is 3. The van der Waals surface area contributed by atoms with Crippen molar-refractivity contribution in [3.8, 4) is 0 Å². The Morgan fingerprint density at radius 3 is 2.43 bits per heavy atom. The zero-order valence-electron chi connectivity index (χ0n) is 15.7. The Kier molecular flexibility index (Phi) is 6.99. The molecule has 0 radical (unpaired) electrons. The van der Waals surface area contributed by atoms with Crippen LogP contribution in [0.1, 0.15) is 18.4 Å². The van der Waals surface area contributed by atoms with Gasteiger partial charge in [0.1, 0.15) is 5.82 Å². The normalized spacial score (nSPS) is 14.9. The lowest BCUT2D eigenvalue weighted by atomic mass is 9.96. The monoisotopic (exact) mass is 457 g/mol. The highest BCUT2D eigenvalue weighted by atomic mass is 35.5. The van der Waals surface area contributed by atoms with Gasteiger partial charge in [-0.15, -0.1) is 0 Å². The van der Waals surface area contributed by atoms with Crippen LogP contribution in [0, 0.1) is 5.92 Å². The second-order valence-corrected chi connectivity index (χ2v) is 7.54. The number of aromatic nitrogens is 1. The molecule has 30 heavy (non-hydrogen) atoms.